The summed E-state index contributed by atoms with van der Waals surface area (Å²) >= 11 is 7.10. The molecule has 0 aliphatic carbocycles. The van der Waals surface area contributed by atoms with Gasteiger partial charge in [0, 0.05) is 17.8 Å². The van der Waals surface area contributed by atoms with Gasteiger partial charge in [0.25, 0.3) is 0 Å². The maximum Gasteiger partial charge on any atom is 0.220 e. The first-order valence-electron chi connectivity index (χ1n) is 5.48. The molecule has 0 saturated carbocycles. The molecule has 3 nitrogen and oxygen atoms in total. The fourth-order valence-corrected chi connectivity index (χ4v) is 2.41. The second-order valence-electron chi connectivity index (χ2n) is 5.20. The Hall–Kier alpha value is -0.580. The van der Waals surface area contributed by atoms with E-state index in [1.807, 2.05) is 20.8 Å². The maximum atomic E-state index is 11.6. The lowest BCUT2D eigenvalue weighted by Crippen LogP contribution is -2.30. The van der Waals surface area contributed by atoms with Crippen LogP contribution in [0.15, 0.2) is 12.1 Å². The van der Waals surface area contributed by atoms with Crippen LogP contribution in [0.1, 0.15) is 38.2 Å². The van der Waals surface area contributed by atoms with E-state index in [0.29, 0.717) is 10.8 Å². The van der Waals surface area contributed by atoms with Crippen LogP contribution < -0.4 is 5.32 Å². The fraction of sp³-hybridized carbons (Fsp3) is 0.583. The Morgan fingerprint density at radius 2 is 2.18 bits per heavy atom. The lowest BCUT2D eigenvalue weighted by molar-refractivity contribution is -0.123. The Balaban J connectivity index is 2.38. The highest BCUT2D eigenvalue weighted by atomic mass is 35.5. The topological polar surface area (TPSA) is 49.3 Å². The number of hydrogen-bond donors (Lipinski definition) is 2. The zero-order chi connectivity index (χ0) is 13.1. The average Bonchev–Trinajstić information content (AvgIpc) is 2.58. The molecule has 0 bridgehead atoms. The molecule has 0 aromatic carbocycles. The van der Waals surface area contributed by atoms with Crippen LogP contribution in [0, 0.1) is 5.41 Å². The van der Waals surface area contributed by atoms with Gasteiger partial charge >= 0.3 is 0 Å². The van der Waals surface area contributed by atoms with Gasteiger partial charge in [-0.05, 0) is 17.5 Å². The number of halogens is 1. The van der Waals surface area contributed by atoms with E-state index < -0.39 is 6.10 Å². The largest absolute Gasteiger partial charge is 0.386 e. The third-order valence-corrected chi connectivity index (χ3v) is 3.44. The number of thiophene rings is 1. The molecule has 2 N–H and O–H groups in total. The van der Waals surface area contributed by atoms with Gasteiger partial charge < -0.3 is 10.4 Å². The molecule has 5 heteroatoms. The second-order valence-corrected chi connectivity index (χ2v) is 6.95. The van der Waals surface area contributed by atoms with Crippen molar-refractivity contribution in [3.8, 4) is 0 Å². The minimum atomic E-state index is -0.684. The van der Waals surface area contributed by atoms with E-state index in [0.717, 1.165) is 4.88 Å². The summed E-state index contributed by atoms with van der Waals surface area (Å²) in [6.45, 7) is 6.23. The highest BCUT2D eigenvalue weighted by Gasteiger charge is 2.17. The van der Waals surface area contributed by atoms with Crippen molar-refractivity contribution in [1.82, 2.24) is 5.32 Å². The summed E-state index contributed by atoms with van der Waals surface area (Å²) in [6, 6.07) is 3.51. The molecule has 1 amide bonds. The van der Waals surface area contributed by atoms with Crippen molar-refractivity contribution in [2.24, 2.45) is 5.41 Å². The molecule has 0 unspecified atom stereocenters. The summed E-state index contributed by atoms with van der Waals surface area (Å²) in [5.41, 5.74) is -0.0404. The monoisotopic (exact) mass is 275 g/mol. The van der Waals surface area contributed by atoms with Gasteiger partial charge in [-0.25, -0.2) is 0 Å². The minimum absolute atomic E-state index is 0.0404. The van der Waals surface area contributed by atoms with E-state index in [-0.39, 0.29) is 17.9 Å². The van der Waals surface area contributed by atoms with Crippen molar-refractivity contribution in [3.05, 3.63) is 21.3 Å². The van der Waals surface area contributed by atoms with Gasteiger partial charge in [0.05, 0.1) is 4.34 Å². The molecule has 0 spiro atoms. The van der Waals surface area contributed by atoms with Crippen LogP contribution in [-0.4, -0.2) is 17.6 Å². The first kappa shape index (κ1) is 14.5. The Kier molecular flexibility index (Phi) is 4.98. The summed E-state index contributed by atoms with van der Waals surface area (Å²) < 4.78 is 0.639. The summed E-state index contributed by atoms with van der Waals surface area (Å²) in [5.74, 6) is -0.0424. The molecule has 1 aromatic rings. The molecule has 96 valence electrons. The third kappa shape index (κ3) is 5.52. The number of amides is 1. The first-order valence-corrected chi connectivity index (χ1v) is 6.67. The summed E-state index contributed by atoms with van der Waals surface area (Å²) in [7, 11) is 0. The second kappa shape index (κ2) is 5.85. The first-order chi connectivity index (χ1) is 7.78. The average molecular weight is 276 g/mol. The van der Waals surface area contributed by atoms with Crippen LogP contribution in [0.25, 0.3) is 0 Å². The number of rotatable bonds is 4. The van der Waals surface area contributed by atoms with Gasteiger partial charge in [-0.3, -0.25) is 4.79 Å². The molecule has 0 aliphatic heterocycles. The van der Waals surface area contributed by atoms with E-state index in [1.54, 1.807) is 12.1 Å². The predicted molar refractivity (Wildman–Crippen MR) is 71.4 cm³/mol. The minimum Gasteiger partial charge on any atom is -0.386 e. The van der Waals surface area contributed by atoms with Crippen molar-refractivity contribution in [3.63, 3.8) is 0 Å². The molecule has 1 rings (SSSR count). The van der Waals surface area contributed by atoms with Crippen LogP contribution in [-0.2, 0) is 4.79 Å². The maximum absolute atomic E-state index is 11.6. The molecule has 17 heavy (non-hydrogen) atoms. The number of carbonyl (C=O) groups is 1. The molecule has 1 aromatic heterocycles. The van der Waals surface area contributed by atoms with Crippen molar-refractivity contribution in [2.45, 2.75) is 33.3 Å². The van der Waals surface area contributed by atoms with Crippen molar-refractivity contribution in [1.29, 1.82) is 0 Å². The van der Waals surface area contributed by atoms with E-state index >= 15 is 0 Å². The Morgan fingerprint density at radius 3 is 2.65 bits per heavy atom. The van der Waals surface area contributed by atoms with Gasteiger partial charge in [0.15, 0.2) is 0 Å². The van der Waals surface area contributed by atoms with Crippen molar-refractivity contribution >= 4 is 28.8 Å². The third-order valence-electron chi connectivity index (χ3n) is 2.11. The van der Waals surface area contributed by atoms with Gasteiger partial charge in [-0.1, -0.05) is 32.4 Å². The highest BCUT2D eigenvalue weighted by molar-refractivity contribution is 7.16. The van der Waals surface area contributed by atoms with E-state index in [4.69, 9.17) is 11.6 Å². The zero-order valence-corrected chi connectivity index (χ0v) is 11.9. The number of carbonyl (C=O) groups excluding carboxylic acids is 1. The quantitative estimate of drug-likeness (QED) is 0.887. The Labute approximate surface area is 111 Å². The van der Waals surface area contributed by atoms with Gasteiger partial charge in [-0.15, -0.1) is 11.3 Å². The molecular formula is C12H18ClNO2S. The van der Waals surface area contributed by atoms with Crippen LogP contribution in [0.4, 0.5) is 0 Å². The Morgan fingerprint density at radius 1 is 1.53 bits per heavy atom. The number of nitrogens with one attached hydrogen (secondary N) is 1. The summed E-state index contributed by atoms with van der Waals surface area (Å²) in [6.07, 6.45) is -0.235. The molecule has 0 aliphatic rings. The zero-order valence-electron chi connectivity index (χ0n) is 10.3. The van der Waals surface area contributed by atoms with Crippen molar-refractivity contribution in [2.75, 3.05) is 6.54 Å². The predicted octanol–water partition coefficient (Wildman–Crippen LogP) is 2.99. The van der Waals surface area contributed by atoms with Gasteiger partial charge in [-0.2, -0.15) is 0 Å². The molecule has 1 atom stereocenters. The van der Waals surface area contributed by atoms with Crippen LogP contribution in [0.2, 0.25) is 4.34 Å². The van der Waals surface area contributed by atoms with Crippen LogP contribution in [0.5, 0.6) is 0 Å². The van der Waals surface area contributed by atoms with E-state index in [2.05, 4.69) is 5.32 Å². The van der Waals surface area contributed by atoms with Crippen molar-refractivity contribution < 1.29 is 9.90 Å². The fourth-order valence-electron chi connectivity index (χ4n) is 1.36. The molecule has 1 heterocycles. The van der Waals surface area contributed by atoms with Gasteiger partial charge in [0.2, 0.25) is 5.91 Å². The lowest BCUT2D eigenvalue weighted by atomic mass is 9.92. The van der Waals surface area contributed by atoms with Crippen LogP contribution in [0.3, 0.4) is 0 Å². The van der Waals surface area contributed by atoms with Gasteiger partial charge in [0.1, 0.15) is 6.10 Å². The van der Waals surface area contributed by atoms with E-state index in [1.165, 1.54) is 11.3 Å². The highest BCUT2D eigenvalue weighted by Crippen LogP contribution is 2.26. The summed E-state index contributed by atoms with van der Waals surface area (Å²) in [4.78, 5) is 12.3. The molecule has 0 radical (unpaired) electrons. The molecule has 0 fully saturated rings. The summed E-state index contributed by atoms with van der Waals surface area (Å²) in [5, 5.41) is 12.5. The normalized spacial score (nSPS) is 13.5. The smallest absolute Gasteiger partial charge is 0.220 e. The number of aliphatic hydroxyl groups is 1. The molecular weight excluding hydrogens is 258 g/mol. The molecule has 0 saturated heterocycles. The SMILES string of the molecule is CC(C)(C)CC(=O)NC[C@@H](O)c1ccc(Cl)s1. The lowest BCUT2D eigenvalue weighted by Gasteiger charge is -2.18. The number of aliphatic hydroxyl groups excluding tert-OH is 1. The standard InChI is InChI=1S/C12H18ClNO2S/c1-12(2,3)6-11(16)14-7-8(15)9-4-5-10(13)17-9/h4-5,8,15H,6-7H2,1-3H3,(H,14,16)/t8-/m1/s1. The van der Waals surface area contributed by atoms with E-state index in [9.17, 15) is 9.90 Å². The van der Waals surface area contributed by atoms with Crippen LogP contribution >= 0.6 is 22.9 Å². The Bertz CT molecular complexity index is 384. The number of hydrogen-bond acceptors (Lipinski definition) is 3.